The van der Waals surface area contributed by atoms with Crippen LogP contribution in [0.2, 0.25) is 0 Å². The number of aldehydes is 1. The van der Waals surface area contributed by atoms with Crippen molar-refractivity contribution in [3.63, 3.8) is 0 Å². The Morgan fingerprint density at radius 1 is 1.09 bits per heavy atom. The van der Waals surface area contributed by atoms with Gasteiger partial charge >= 0.3 is 12.1 Å². The average Bonchev–Trinajstić information content (AvgIpc) is 3.61. The van der Waals surface area contributed by atoms with Gasteiger partial charge < -0.3 is 35.8 Å². The number of hydrogen-bond donors (Lipinski definition) is 4. The van der Waals surface area contributed by atoms with Gasteiger partial charge in [0.2, 0.25) is 23.5 Å². The number of likely N-dealkylation sites (N-methyl/N-ethyl adjacent to an activating group) is 1. The van der Waals surface area contributed by atoms with Gasteiger partial charge in [0.25, 0.3) is 6.01 Å². The monoisotopic (exact) mass is 795 g/mol. The summed E-state index contributed by atoms with van der Waals surface area (Å²) in [5.41, 5.74) is 5.81. The standard InChI is InChI=1S/C40H57N7O10/c1-23(2)47-29-17-13-15-26(37(53)54)33(29)44-38(47)56-25-19-30(34(41)50)46(21-25)36(52)28(43-39(55)57-40(3,4)5)16-12-10-8-9-11-14-24-18-27(24)35(51)42-20-31(45(6)7)32(49)22-48/h11,13-15,17,22-25,27-28,30-31H,8-10,12,16,18-21H2,1-7H3,(H2,41,50)(H,42,51)(H,43,55)(H,53,54)/b14-11-/t24-,25-,27+,28+,30+,31?/m1/s1. The maximum atomic E-state index is 14.1. The van der Waals surface area contributed by atoms with Crippen LogP contribution in [0.25, 0.3) is 11.0 Å². The van der Waals surface area contributed by atoms with E-state index in [9.17, 15) is 38.7 Å². The fraction of sp³-hybridized carbons (Fsp3) is 0.600. The lowest BCUT2D eigenvalue weighted by molar-refractivity contribution is -0.139. The molecule has 1 saturated heterocycles. The second kappa shape index (κ2) is 19.2. The Kier molecular flexibility index (Phi) is 15.0. The molecule has 1 saturated carbocycles. The lowest BCUT2D eigenvalue weighted by Gasteiger charge is -2.28. The number of hydrogen-bond acceptors (Lipinski definition) is 11. The first-order valence-corrected chi connectivity index (χ1v) is 19.4. The van der Waals surface area contributed by atoms with Crippen LogP contribution in [-0.4, -0.2) is 123 Å². The molecule has 2 aliphatic rings. The fourth-order valence-corrected chi connectivity index (χ4v) is 7.03. The van der Waals surface area contributed by atoms with Crippen molar-refractivity contribution in [3.05, 3.63) is 35.9 Å². The first-order chi connectivity index (χ1) is 26.8. The van der Waals surface area contributed by atoms with Gasteiger partial charge in [-0.25, -0.2) is 9.59 Å². The van der Waals surface area contributed by atoms with Gasteiger partial charge in [0.15, 0.2) is 6.29 Å². The van der Waals surface area contributed by atoms with Gasteiger partial charge in [-0.05, 0) is 92.4 Å². The smallest absolute Gasteiger partial charge is 0.408 e. The first kappa shape index (κ1) is 44.4. The molecule has 57 heavy (non-hydrogen) atoms. The number of nitrogens with one attached hydrogen (secondary N) is 2. The van der Waals surface area contributed by atoms with E-state index in [0.717, 1.165) is 19.3 Å². The van der Waals surface area contributed by atoms with Crippen LogP contribution in [0.15, 0.2) is 30.4 Å². The highest BCUT2D eigenvalue weighted by molar-refractivity contribution is 6.27. The van der Waals surface area contributed by atoms with Gasteiger partial charge in [0.1, 0.15) is 29.3 Å². The zero-order valence-electron chi connectivity index (χ0n) is 33.9. The molecule has 5 N–H and O–H groups in total. The van der Waals surface area contributed by atoms with E-state index in [0.29, 0.717) is 18.4 Å². The topological polar surface area (TPSA) is 233 Å². The predicted octanol–water partition coefficient (Wildman–Crippen LogP) is 3.00. The molecular weight excluding hydrogens is 738 g/mol. The van der Waals surface area contributed by atoms with Gasteiger partial charge in [-0.15, -0.1) is 0 Å². The number of ketones is 1. The number of unbranched alkanes of at least 4 members (excludes halogenated alkanes) is 3. The number of imidazole rings is 1. The van der Waals surface area contributed by atoms with E-state index in [2.05, 4.69) is 15.6 Å². The molecule has 1 unspecified atom stereocenters. The maximum absolute atomic E-state index is 14.1. The minimum absolute atomic E-state index is 0.0151. The van der Waals surface area contributed by atoms with Gasteiger partial charge in [-0.2, -0.15) is 4.98 Å². The van der Waals surface area contributed by atoms with E-state index in [1.807, 2.05) is 26.0 Å². The number of amides is 4. The molecule has 1 aromatic heterocycles. The number of allylic oxidation sites excluding steroid dienone is 2. The summed E-state index contributed by atoms with van der Waals surface area (Å²) in [7, 11) is 3.34. The molecule has 17 heteroatoms. The minimum Gasteiger partial charge on any atom is -0.478 e. The number of ether oxygens (including phenoxy) is 2. The van der Waals surface area contributed by atoms with Gasteiger partial charge in [0, 0.05) is 24.9 Å². The summed E-state index contributed by atoms with van der Waals surface area (Å²) in [5, 5.41) is 15.2. The van der Waals surface area contributed by atoms with Crippen molar-refractivity contribution in [2.45, 2.75) is 115 Å². The lowest BCUT2D eigenvalue weighted by Crippen LogP contribution is -2.53. The van der Waals surface area contributed by atoms with Crippen LogP contribution in [-0.2, 0) is 28.7 Å². The molecule has 17 nitrogen and oxygen atoms in total. The van der Waals surface area contributed by atoms with E-state index >= 15 is 0 Å². The van der Waals surface area contributed by atoms with Crippen molar-refractivity contribution in [1.29, 1.82) is 0 Å². The molecule has 2 heterocycles. The molecule has 2 fully saturated rings. The van der Waals surface area contributed by atoms with Crippen molar-refractivity contribution in [2.24, 2.45) is 17.6 Å². The molecule has 1 aromatic carbocycles. The quantitative estimate of drug-likeness (QED) is 0.0656. The van der Waals surface area contributed by atoms with Crippen LogP contribution in [0.5, 0.6) is 6.01 Å². The Bertz CT molecular complexity index is 1850. The van der Waals surface area contributed by atoms with E-state index < -0.39 is 59.5 Å². The largest absolute Gasteiger partial charge is 0.478 e. The predicted molar refractivity (Wildman–Crippen MR) is 209 cm³/mol. The lowest BCUT2D eigenvalue weighted by atomic mass is 10.0. The number of nitrogens with zero attached hydrogens (tertiary/aromatic N) is 4. The number of primary amides is 1. The molecule has 0 spiro atoms. The van der Waals surface area contributed by atoms with Crippen molar-refractivity contribution in [1.82, 2.24) is 30.0 Å². The highest BCUT2D eigenvalue weighted by Crippen LogP contribution is 2.40. The number of likely N-dealkylation sites (tertiary alicyclic amines) is 1. The summed E-state index contributed by atoms with van der Waals surface area (Å²) < 4.78 is 13.5. The number of benzene rings is 1. The van der Waals surface area contributed by atoms with Crippen molar-refractivity contribution in [2.75, 3.05) is 27.2 Å². The van der Waals surface area contributed by atoms with E-state index in [-0.39, 0.29) is 73.1 Å². The summed E-state index contributed by atoms with van der Waals surface area (Å²) in [5.74, 6) is -3.19. The van der Waals surface area contributed by atoms with E-state index in [1.54, 1.807) is 56.5 Å². The van der Waals surface area contributed by atoms with Crippen molar-refractivity contribution < 1.29 is 48.1 Å². The third-order valence-corrected chi connectivity index (χ3v) is 10.0. The van der Waals surface area contributed by atoms with Crippen LogP contribution in [0.4, 0.5) is 4.79 Å². The van der Waals surface area contributed by atoms with E-state index in [4.69, 9.17) is 15.2 Å². The number of rotatable bonds is 20. The normalized spacial score (nSPS) is 20.4. The molecule has 2 aromatic rings. The summed E-state index contributed by atoms with van der Waals surface area (Å²) in [6, 6.07) is 2.08. The van der Waals surface area contributed by atoms with Crippen molar-refractivity contribution in [3.8, 4) is 6.01 Å². The van der Waals surface area contributed by atoms with Crippen LogP contribution < -0.4 is 21.1 Å². The fourth-order valence-electron chi connectivity index (χ4n) is 7.03. The Morgan fingerprint density at radius 2 is 1.81 bits per heavy atom. The summed E-state index contributed by atoms with van der Waals surface area (Å²) in [4.78, 5) is 94.4. The van der Waals surface area contributed by atoms with Crippen molar-refractivity contribution >= 4 is 52.9 Å². The highest BCUT2D eigenvalue weighted by atomic mass is 16.6. The van der Waals surface area contributed by atoms with Gasteiger partial charge in [-0.1, -0.05) is 31.1 Å². The summed E-state index contributed by atoms with van der Waals surface area (Å²) in [6.07, 6.45) is 6.68. The molecule has 1 aliphatic carbocycles. The molecule has 1 aliphatic heterocycles. The second-order valence-corrected chi connectivity index (χ2v) is 16.2. The van der Waals surface area contributed by atoms with Crippen LogP contribution >= 0.6 is 0 Å². The Morgan fingerprint density at radius 3 is 2.42 bits per heavy atom. The highest BCUT2D eigenvalue weighted by Gasteiger charge is 2.43. The number of carboxylic acids is 1. The Labute approximate surface area is 332 Å². The number of alkyl carbamates (subject to hydrolysis) is 1. The first-order valence-electron chi connectivity index (χ1n) is 19.4. The minimum atomic E-state index is -1.13. The average molecular weight is 796 g/mol. The third-order valence-electron chi connectivity index (χ3n) is 10.0. The number of carbonyl (C=O) groups excluding carboxylic acids is 6. The zero-order chi connectivity index (χ0) is 42.2. The molecule has 4 amide bonds. The van der Waals surface area contributed by atoms with Crippen LogP contribution in [0, 0.1) is 11.8 Å². The van der Waals surface area contributed by atoms with Gasteiger partial charge in [0.05, 0.1) is 23.7 Å². The second-order valence-electron chi connectivity index (χ2n) is 16.2. The molecule has 4 rings (SSSR count). The van der Waals surface area contributed by atoms with Gasteiger partial charge in [-0.3, -0.25) is 33.4 Å². The van der Waals surface area contributed by atoms with Crippen LogP contribution in [0.1, 0.15) is 96.0 Å². The Balaban J connectivity index is 1.36. The SMILES string of the molecule is CC(C)n1c(O[C@@H]2C[C@@H](C(N)=O)N(C(=O)[C@H](CCCCC/C=C\[C@@H]3C[C@@H]3C(=O)NCC(C(=O)C=O)N(C)C)NC(=O)OC(C)(C)C)C2)nc2c(C(=O)O)cccc21. The number of Topliss-reactive ketones (excluding diaryl/α,β-unsaturated/α-hetero) is 1. The molecule has 0 radical (unpaired) electrons. The number of carbonyl (C=O) groups is 7. The summed E-state index contributed by atoms with van der Waals surface area (Å²) in [6.45, 7) is 8.97. The number of aromatic nitrogens is 2. The molecule has 6 atom stereocenters. The number of fused-ring (bicyclic) bond motifs is 1. The number of nitrogens with two attached hydrogens (primary N) is 1. The number of para-hydroxylation sites is 1. The number of aromatic carboxylic acids is 1. The van der Waals surface area contributed by atoms with Crippen LogP contribution in [0.3, 0.4) is 0 Å². The summed E-state index contributed by atoms with van der Waals surface area (Å²) >= 11 is 0. The zero-order valence-corrected chi connectivity index (χ0v) is 33.9. The number of carboxylic acid groups (broad SMARTS) is 1. The van der Waals surface area contributed by atoms with E-state index in [1.165, 1.54) is 11.0 Å². The molecule has 312 valence electrons. The third kappa shape index (κ3) is 11.8. The molecule has 0 bridgehead atoms. The Hall–Kier alpha value is -5.32. The molecular formula is C40H57N7O10. The maximum Gasteiger partial charge on any atom is 0.408 e.